The molecule has 1 saturated heterocycles. The third kappa shape index (κ3) is 6.02. The molecule has 166 valence electrons. The molecule has 0 spiro atoms. The number of hydrogen-bond donors (Lipinski definition) is 2. The summed E-state index contributed by atoms with van der Waals surface area (Å²) in [5.41, 5.74) is 1.42. The van der Waals surface area contributed by atoms with Crippen LogP contribution in [0.5, 0.6) is 0 Å². The number of aromatic nitrogens is 1. The van der Waals surface area contributed by atoms with Crippen molar-refractivity contribution in [2.45, 2.75) is 38.1 Å². The van der Waals surface area contributed by atoms with Crippen LogP contribution in [0.3, 0.4) is 0 Å². The Bertz CT molecular complexity index is 876. The Hall–Kier alpha value is -1.97. The van der Waals surface area contributed by atoms with Crippen LogP contribution in [0.1, 0.15) is 24.6 Å². The SMILES string of the molecule is C=C(/C=N\C)c1cc(CN(COP(=O)(O)O)C(=C)[C@@H]2C[C@@H](F)[C@H](C)N2C)c(F)cn1. The van der Waals surface area contributed by atoms with Gasteiger partial charge in [-0.2, -0.15) is 0 Å². The normalized spacial score (nSPS) is 22.6. The smallest absolute Gasteiger partial charge is 0.346 e. The lowest BCUT2D eigenvalue weighted by atomic mass is 10.1. The van der Waals surface area contributed by atoms with Gasteiger partial charge in [0.15, 0.2) is 0 Å². The largest absolute Gasteiger partial charge is 0.471 e. The number of likely N-dealkylation sites (N-methyl/N-ethyl adjacent to an activating group) is 1. The number of nitrogens with zero attached hydrogens (tertiary/aromatic N) is 4. The Balaban J connectivity index is 2.32. The average molecular weight is 444 g/mol. The topological polar surface area (TPSA) is 98.5 Å². The molecule has 2 rings (SSSR count). The van der Waals surface area contributed by atoms with Gasteiger partial charge in [0.25, 0.3) is 0 Å². The van der Waals surface area contributed by atoms with E-state index in [0.29, 0.717) is 17.0 Å². The number of hydrogen-bond acceptors (Lipinski definition) is 6. The molecule has 2 N–H and O–H groups in total. The molecule has 0 amide bonds. The number of phosphoric acid groups is 1. The summed E-state index contributed by atoms with van der Waals surface area (Å²) in [4.78, 5) is 29.2. The molecule has 1 fully saturated rings. The molecule has 1 aromatic rings. The summed E-state index contributed by atoms with van der Waals surface area (Å²) in [6.07, 6.45) is 1.60. The first-order valence-electron chi connectivity index (χ1n) is 9.20. The van der Waals surface area contributed by atoms with Crippen LogP contribution in [0.2, 0.25) is 0 Å². The summed E-state index contributed by atoms with van der Waals surface area (Å²) in [5, 5.41) is 0. The van der Waals surface area contributed by atoms with Crippen molar-refractivity contribution in [1.29, 1.82) is 0 Å². The van der Waals surface area contributed by atoms with Crippen LogP contribution in [0.15, 0.2) is 36.1 Å². The molecule has 3 atom stereocenters. The second-order valence-electron chi connectivity index (χ2n) is 7.19. The van der Waals surface area contributed by atoms with Crippen molar-refractivity contribution in [1.82, 2.24) is 14.8 Å². The van der Waals surface area contributed by atoms with E-state index < -0.39 is 32.6 Å². The van der Waals surface area contributed by atoms with E-state index >= 15 is 0 Å². The van der Waals surface area contributed by atoms with Gasteiger partial charge in [-0.15, -0.1) is 0 Å². The molecule has 0 radical (unpaired) electrons. The molecule has 0 saturated carbocycles. The van der Waals surface area contributed by atoms with Crippen molar-refractivity contribution in [3.8, 4) is 0 Å². The number of alkyl halides is 1. The molecule has 1 aromatic heterocycles. The van der Waals surface area contributed by atoms with Crippen molar-refractivity contribution in [3.63, 3.8) is 0 Å². The van der Waals surface area contributed by atoms with Crippen LogP contribution in [0, 0.1) is 5.82 Å². The predicted octanol–water partition coefficient (Wildman–Crippen LogP) is 2.75. The number of rotatable bonds is 9. The van der Waals surface area contributed by atoms with Crippen molar-refractivity contribution >= 4 is 19.6 Å². The number of likely N-dealkylation sites (tertiary alicyclic amines) is 1. The van der Waals surface area contributed by atoms with Crippen molar-refractivity contribution in [2.75, 3.05) is 20.8 Å². The fourth-order valence-corrected chi connectivity index (χ4v) is 3.57. The lowest BCUT2D eigenvalue weighted by Crippen LogP contribution is -2.39. The zero-order valence-electron chi connectivity index (χ0n) is 17.2. The number of pyridine rings is 1. The summed E-state index contributed by atoms with van der Waals surface area (Å²) in [5.74, 6) is -0.620. The van der Waals surface area contributed by atoms with Crippen molar-refractivity contribution in [2.24, 2.45) is 4.99 Å². The predicted molar refractivity (Wildman–Crippen MR) is 111 cm³/mol. The number of allylic oxidation sites excluding steroid dienone is 1. The van der Waals surface area contributed by atoms with Gasteiger partial charge in [0.05, 0.1) is 17.9 Å². The highest BCUT2D eigenvalue weighted by Gasteiger charge is 2.39. The minimum atomic E-state index is -4.79. The number of halogens is 2. The van der Waals surface area contributed by atoms with Gasteiger partial charge in [0.2, 0.25) is 0 Å². The summed E-state index contributed by atoms with van der Waals surface area (Å²) in [6.45, 7) is 8.87. The molecule has 0 bridgehead atoms. The highest BCUT2D eigenvalue weighted by molar-refractivity contribution is 7.46. The molecular weight excluding hydrogens is 417 g/mol. The van der Waals surface area contributed by atoms with Gasteiger partial charge in [-0.3, -0.25) is 19.4 Å². The second kappa shape index (κ2) is 9.89. The zero-order valence-corrected chi connectivity index (χ0v) is 18.1. The maximum atomic E-state index is 14.4. The van der Waals surface area contributed by atoms with Gasteiger partial charge in [-0.1, -0.05) is 13.2 Å². The molecule has 0 unspecified atom stereocenters. The van der Waals surface area contributed by atoms with Gasteiger partial charge in [0.1, 0.15) is 18.7 Å². The lowest BCUT2D eigenvalue weighted by molar-refractivity contribution is 0.0952. The minimum Gasteiger partial charge on any atom is -0.346 e. The Labute approximate surface area is 174 Å². The van der Waals surface area contributed by atoms with Crippen molar-refractivity contribution < 1.29 is 27.7 Å². The highest BCUT2D eigenvalue weighted by Crippen LogP contribution is 2.37. The van der Waals surface area contributed by atoms with E-state index in [4.69, 9.17) is 9.79 Å². The standard InChI is InChI=1S/C19H27F2N4O4P/c1-12(8-22-4)18-6-15(17(21)9-23-18)10-25(11-29-30(26,27)28)14(3)19-7-16(20)13(2)24(19)5/h6,8-9,13,16,19H,1,3,7,10-11H2,2,4-5H3,(H2,26,27,28)/b22-8-/t13-,16+,19-/m0/s1. The van der Waals surface area contributed by atoms with Gasteiger partial charge in [-0.05, 0) is 20.0 Å². The molecule has 0 aromatic carbocycles. The highest BCUT2D eigenvalue weighted by atomic mass is 31.2. The zero-order chi connectivity index (χ0) is 22.6. The summed E-state index contributed by atoms with van der Waals surface area (Å²) in [6, 6.07) is 0.690. The number of aliphatic imine (C=N–C) groups is 1. The molecular formula is C19H27F2N4O4P. The summed E-state index contributed by atoms with van der Waals surface area (Å²) < 4.78 is 44.5. The Morgan fingerprint density at radius 2 is 2.20 bits per heavy atom. The van der Waals surface area contributed by atoms with E-state index in [0.717, 1.165) is 6.20 Å². The van der Waals surface area contributed by atoms with Crippen molar-refractivity contribution in [3.05, 3.63) is 48.2 Å². The van der Waals surface area contributed by atoms with E-state index in [-0.39, 0.29) is 24.6 Å². The third-order valence-corrected chi connectivity index (χ3v) is 5.64. The van der Waals surface area contributed by atoms with Crippen LogP contribution >= 0.6 is 7.82 Å². The van der Waals surface area contributed by atoms with E-state index in [1.807, 2.05) is 0 Å². The van der Waals surface area contributed by atoms with Crippen LogP contribution in [0.25, 0.3) is 5.57 Å². The minimum absolute atomic E-state index is 0.119. The van der Waals surface area contributed by atoms with E-state index in [2.05, 4.69) is 27.7 Å². The Morgan fingerprint density at radius 1 is 1.53 bits per heavy atom. The van der Waals surface area contributed by atoms with E-state index in [9.17, 15) is 13.3 Å². The van der Waals surface area contributed by atoms with Crippen LogP contribution in [-0.2, 0) is 15.6 Å². The van der Waals surface area contributed by atoms with Gasteiger partial charge < -0.3 is 14.7 Å². The molecule has 1 aliphatic heterocycles. The lowest BCUT2D eigenvalue weighted by Gasteiger charge is -2.33. The molecule has 11 heteroatoms. The van der Waals surface area contributed by atoms with E-state index in [1.54, 1.807) is 25.9 Å². The van der Waals surface area contributed by atoms with Gasteiger partial charge >= 0.3 is 7.82 Å². The second-order valence-corrected chi connectivity index (χ2v) is 8.42. The third-order valence-electron chi connectivity index (χ3n) is 5.19. The maximum Gasteiger partial charge on any atom is 0.471 e. The molecule has 0 aliphatic carbocycles. The summed E-state index contributed by atoms with van der Waals surface area (Å²) in [7, 11) is -1.48. The van der Waals surface area contributed by atoms with Gasteiger partial charge in [0, 0.05) is 49.1 Å². The molecule has 1 aliphatic rings. The van der Waals surface area contributed by atoms with E-state index in [1.165, 1.54) is 17.2 Å². The van der Waals surface area contributed by atoms with Crippen LogP contribution in [0.4, 0.5) is 8.78 Å². The van der Waals surface area contributed by atoms with Gasteiger partial charge in [-0.25, -0.2) is 13.3 Å². The van der Waals surface area contributed by atoms with Crippen LogP contribution < -0.4 is 0 Å². The number of phosphoric ester groups is 1. The first-order chi connectivity index (χ1) is 13.9. The Kier molecular flexibility index (Phi) is 8.01. The van der Waals surface area contributed by atoms with Crippen LogP contribution in [-0.4, -0.2) is 69.9 Å². The fourth-order valence-electron chi connectivity index (χ4n) is 3.28. The first kappa shape index (κ1) is 24.3. The summed E-state index contributed by atoms with van der Waals surface area (Å²) >= 11 is 0. The first-order valence-corrected chi connectivity index (χ1v) is 10.7. The average Bonchev–Trinajstić information content (AvgIpc) is 2.92. The maximum absolute atomic E-state index is 14.4. The molecule has 30 heavy (non-hydrogen) atoms. The monoisotopic (exact) mass is 444 g/mol. The Morgan fingerprint density at radius 3 is 2.73 bits per heavy atom. The molecule has 2 heterocycles. The fraction of sp³-hybridized carbons (Fsp3) is 0.474. The molecule has 8 nitrogen and oxygen atoms in total. The quantitative estimate of drug-likeness (QED) is 0.343.